The fraction of sp³-hybridized carbons (Fsp3) is 0.417. The first-order valence-electron chi connectivity index (χ1n) is 6.04. The number of fused-ring (bicyclic) bond motifs is 1. The van der Waals surface area contributed by atoms with E-state index in [2.05, 4.69) is 15.3 Å². The van der Waals surface area contributed by atoms with Gasteiger partial charge in [0.05, 0.1) is 11.7 Å². The quantitative estimate of drug-likeness (QED) is 0.823. The molecule has 0 saturated heterocycles. The molecule has 0 radical (unpaired) electrons. The van der Waals surface area contributed by atoms with E-state index >= 15 is 0 Å². The number of nitrogens with one attached hydrogen (secondary N) is 1. The zero-order valence-corrected chi connectivity index (χ0v) is 10.4. The standard InChI is InChI=1S/C12H17N5O/c1-2-5-15-11(18)4-7-17-10-3-6-14-8-9(10)16-12(17)13/h3,6,8H,2,4-5,7H2,1H3,(H2,13,16)(H,15,18). The van der Waals surface area contributed by atoms with Gasteiger partial charge in [-0.25, -0.2) is 4.98 Å². The number of carbonyl (C=O) groups excluding carboxylic acids is 1. The molecule has 0 aliphatic heterocycles. The first-order valence-corrected chi connectivity index (χ1v) is 6.04. The summed E-state index contributed by atoms with van der Waals surface area (Å²) in [4.78, 5) is 19.7. The van der Waals surface area contributed by atoms with Crippen molar-refractivity contribution < 1.29 is 4.79 Å². The fourth-order valence-electron chi connectivity index (χ4n) is 1.80. The van der Waals surface area contributed by atoms with Gasteiger partial charge < -0.3 is 15.6 Å². The Bertz CT molecular complexity index is 548. The Labute approximate surface area is 105 Å². The summed E-state index contributed by atoms with van der Waals surface area (Å²) in [6.07, 6.45) is 4.70. The van der Waals surface area contributed by atoms with E-state index in [0.717, 1.165) is 17.5 Å². The molecule has 1 amide bonds. The molecule has 2 aromatic rings. The van der Waals surface area contributed by atoms with Gasteiger partial charge in [-0.3, -0.25) is 9.78 Å². The van der Waals surface area contributed by atoms with E-state index in [4.69, 9.17) is 5.73 Å². The van der Waals surface area contributed by atoms with Crippen molar-refractivity contribution in [1.29, 1.82) is 0 Å². The Morgan fingerprint density at radius 3 is 3.17 bits per heavy atom. The molecule has 2 aromatic heterocycles. The molecule has 0 aliphatic rings. The van der Waals surface area contributed by atoms with Crippen molar-refractivity contribution in [3.05, 3.63) is 18.5 Å². The Kier molecular flexibility index (Phi) is 3.76. The number of aromatic nitrogens is 3. The summed E-state index contributed by atoms with van der Waals surface area (Å²) < 4.78 is 1.84. The molecule has 2 rings (SSSR count). The SMILES string of the molecule is CCCNC(=O)CCn1c(N)nc2cnccc21. The number of rotatable bonds is 5. The summed E-state index contributed by atoms with van der Waals surface area (Å²) in [5.41, 5.74) is 7.49. The van der Waals surface area contributed by atoms with Crippen molar-refractivity contribution in [2.75, 3.05) is 12.3 Å². The third-order valence-corrected chi connectivity index (χ3v) is 2.71. The van der Waals surface area contributed by atoms with Crippen LogP contribution in [0.4, 0.5) is 5.95 Å². The Morgan fingerprint density at radius 2 is 2.39 bits per heavy atom. The molecule has 0 aromatic carbocycles. The number of imidazole rings is 1. The molecular weight excluding hydrogens is 230 g/mol. The van der Waals surface area contributed by atoms with Gasteiger partial charge in [-0.05, 0) is 12.5 Å². The van der Waals surface area contributed by atoms with Crippen LogP contribution in [-0.4, -0.2) is 27.0 Å². The van der Waals surface area contributed by atoms with E-state index in [-0.39, 0.29) is 5.91 Å². The number of hydrogen-bond donors (Lipinski definition) is 2. The van der Waals surface area contributed by atoms with Crippen LogP contribution in [0.5, 0.6) is 0 Å². The van der Waals surface area contributed by atoms with Crippen molar-refractivity contribution >= 4 is 22.9 Å². The highest BCUT2D eigenvalue weighted by atomic mass is 16.1. The van der Waals surface area contributed by atoms with Gasteiger partial charge >= 0.3 is 0 Å². The van der Waals surface area contributed by atoms with E-state index in [1.807, 2.05) is 17.6 Å². The molecule has 0 fully saturated rings. The van der Waals surface area contributed by atoms with Gasteiger partial charge in [-0.15, -0.1) is 0 Å². The molecule has 0 aliphatic carbocycles. The Balaban J connectivity index is 2.07. The summed E-state index contributed by atoms with van der Waals surface area (Å²) >= 11 is 0. The highest BCUT2D eigenvalue weighted by Crippen LogP contribution is 2.16. The molecule has 6 nitrogen and oxygen atoms in total. The second kappa shape index (κ2) is 5.48. The lowest BCUT2D eigenvalue weighted by Gasteiger charge is -2.06. The number of nitrogens with two attached hydrogens (primary N) is 1. The monoisotopic (exact) mass is 247 g/mol. The highest BCUT2D eigenvalue weighted by Gasteiger charge is 2.09. The molecule has 96 valence electrons. The predicted octanol–water partition coefficient (Wildman–Crippen LogP) is 0.930. The van der Waals surface area contributed by atoms with Crippen molar-refractivity contribution in [3.63, 3.8) is 0 Å². The molecule has 6 heteroatoms. The molecule has 3 N–H and O–H groups in total. The van der Waals surface area contributed by atoms with E-state index in [9.17, 15) is 4.79 Å². The summed E-state index contributed by atoms with van der Waals surface area (Å²) in [6.45, 7) is 3.26. The molecule has 0 unspecified atom stereocenters. The molecule has 0 atom stereocenters. The lowest BCUT2D eigenvalue weighted by molar-refractivity contribution is -0.121. The number of aryl methyl sites for hydroxylation is 1. The number of anilines is 1. The van der Waals surface area contributed by atoms with E-state index in [1.54, 1.807) is 12.4 Å². The van der Waals surface area contributed by atoms with Crippen LogP contribution in [0.3, 0.4) is 0 Å². The zero-order chi connectivity index (χ0) is 13.0. The van der Waals surface area contributed by atoms with Crippen LogP contribution < -0.4 is 11.1 Å². The molecule has 18 heavy (non-hydrogen) atoms. The van der Waals surface area contributed by atoms with Gasteiger partial charge in [0, 0.05) is 25.7 Å². The summed E-state index contributed by atoms with van der Waals surface area (Å²) in [6, 6.07) is 1.85. The smallest absolute Gasteiger partial charge is 0.221 e. The Hall–Kier alpha value is -2.11. The van der Waals surface area contributed by atoms with Crippen LogP contribution >= 0.6 is 0 Å². The number of pyridine rings is 1. The summed E-state index contributed by atoms with van der Waals surface area (Å²) in [5, 5.41) is 2.84. The molecule has 0 spiro atoms. The van der Waals surface area contributed by atoms with Crippen LogP contribution in [0, 0.1) is 0 Å². The summed E-state index contributed by atoms with van der Waals surface area (Å²) in [5.74, 6) is 0.452. The van der Waals surface area contributed by atoms with Crippen LogP contribution in [0.15, 0.2) is 18.5 Å². The zero-order valence-electron chi connectivity index (χ0n) is 10.4. The van der Waals surface area contributed by atoms with E-state index in [1.165, 1.54) is 0 Å². The number of hydrogen-bond acceptors (Lipinski definition) is 4. The maximum atomic E-state index is 11.5. The van der Waals surface area contributed by atoms with Gasteiger partial charge in [0.2, 0.25) is 11.9 Å². The van der Waals surface area contributed by atoms with E-state index in [0.29, 0.717) is 25.5 Å². The molecule has 2 heterocycles. The average Bonchev–Trinajstić information content (AvgIpc) is 2.69. The largest absolute Gasteiger partial charge is 0.369 e. The third-order valence-electron chi connectivity index (χ3n) is 2.71. The van der Waals surface area contributed by atoms with Crippen molar-refractivity contribution in [2.45, 2.75) is 26.3 Å². The van der Waals surface area contributed by atoms with Crippen LogP contribution in [-0.2, 0) is 11.3 Å². The molecule has 0 saturated carbocycles. The van der Waals surface area contributed by atoms with Gasteiger partial charge in [0.1, 0.15) is 5.52 Å². The van der Waals surface area contributed by atoms with Crippen LogP contribution in [0.1, 0.15) is 19.8 Å². The van der Waals surface area contributed by atoms with Gasteiger partial charge in [0.15, 0.2) is 0 Å². The van der Waals surface area contributed by atoms with Crippen LogP contribution in [0.2, 0.25) is 0 Å². The number of carbonyl (C=O) groups is 1. The third kappa shape index (κ3) is 2.58. The number of amides is 1. The minimum atomic E-state index is 0.0344. The minimum Gasteiger partial charge on any atom is -0.369 e. The predicted molar refractivity (Wildman–Crippen MR) is 69.9 cm³/mol. The van der Waals surface area contributed by atoms with E-state index < -0.39 is 0 Å². The first-order chi connectivity index (χ1) is 8.72. The maximum absolute atomic E-state index is 11.5. The lowest BCUT2D eigenvalue weighted by atomic mass is 10.3. The fourth-order valence-corrected chi connectivity index (χ4v) is 1.80. The second-order valence-corrected chi connectivity index (χ2v) is 4.09. The molecular formula is C12H17N5O. The topological polar surface area (TPSA) is 85.8 Å². The highest BCUT2D eigenvalue weighted by molar-refractivity contribution is 5.78. The summed E-state index contributed by atoms with van der Waals surface area (Å²) in [7, 11) is 0. The van der Waals surface area contributed by atoms with Crippen molar-refractivity contribution in [3.8, 4) is 0 Å². The lowest BCUT2D eigenvalue weighted by Crippen LogP contribution is -2.25. The average molecular weight is 247 g/mol. The van der Waals surface area contributed by atoms with Crippen LogP contribution in [0.25, 0.3) is 11.0 Å². The second-order valence-electron chi connectivity index (χ2n) is 4.09. The van der Waals surface area contributed by atoms with Gasteiger partial charge in [-0.2, -0.15) is 0 Å². The number of nitrogen functional groups attached to an aromatic ring is 1. The van der Waals surface area contributed by atoms with Crippen molar-refractivity contribution in [2.24, 2.45) is 0 Å². The van der Waals surface area contributed by atoms with Gasteiger partial charge in [0.25, 0.3) is 0 Å². The maximum Gasteiger partial charge on any atom is 0.221 e. The van der Waals surface area contributed by atoms with Crippen molar-refractivity contribution in [1.82, 2.24) is 19.9 Å². The van der Waals surface area contributed by atoms with Gasteiger partial charge in [-0.1, -0.05) is 6.92 Å². The molecule has 0 bridgehead atoms. The normalized spacial score (nSPS) is 10.7. The Morgan fingerprint density at radius 1 is 1.56 bits per heavy atom. The first kappa shape index (κ1) is 12.3. The number of nitrogens with zero attached hydrogens (tertiary/aromatic N) is 3. The minimum absolute atomic E-state index is 0.0344.